The maximum atomic E-state index is 12.4. The third kappa shape index (κ3) is 5.10. The molecule has 0 unspecified atom stereocenters. The van der Waals surface area contributed by atoms with E-state index < -0.39 is 21.2 Å². The molecule has 0 spiro atoms. The number of halogens is 3. The first kappa shape index (κ1) is 18.6. The minimum atomic E-state index is -3.55. The summed E-state index contributed by atoms with van der Waals surface area (Å²) in [5.74, 6) is -0.609. The Bertz CT molecular complexity index is 800. The molecule has 0 bridgehead atoms. The molecule has 7 heteroatoms. The number of aliphatic hydroxyl groups is 1. The van der Waals surface area contributed by atoms with E-state index in [-0.39, 0.29) is 10.8 Å². The van der Waals surface area contributed by atoms with E-state index in [0.717, 1.165) is 0 Å². The average molecular weight is 394 g/mol. The molecular formula is C16H15Cl3O3S. The van der Waals surface area contributed by atoms with Gasteiger partial charge in [-0.2, -0.15) is 0 Å². The molecule has 0 saturated heterocycles. The van der Waals surface area contributed by atoms with Crippen LogP contribution in [0.4, 0.5) is 0 Å². The molecule has 0 aromatic heterocycles. The molecule has 1 N–H and O–H groups in total. The summed E-state index contributed by atoms with van der Waals surface area (Å²) in [6.45, 7) is 1.44. The lowest BCUT2D eigenvalue weighted by Gasteiger charge is -2.24. The van der Waals surface area contributed by atoms with E-state index in [9.17, 15) is 13.5 Å². The Morgan fingerprint density at radius 1 is 1.00 bits per heavy atom. The summed E-state index contributed by atoms with van der Waals surface area (Å²) in [6, 6.07) is 11.1. The van der Waals surface area contributed by atoms with Crippen molar-refractivity contribution in [1.29, 1.82) is 0 Å². The first-order chi connectivity index (χ1) is 10.6. The van der Waals surface area contributed by atoms with Gasteiger partial charge in [0.15, 0.2) is 9.84 Å². The number of hydrogen-bond donors (Lipinski definition) is 1. The van der Waals surface area contributed by atoms with Crippen LogP contribution in [0, 0.1) is 0 Å². The summed E-state index contributed by atoms with van der Waals surface area (Å²) in [4.78, 5) is 0. The topological polar surface area (TPSA) is 54.4 Å². The molecule has 124 valence electrons. The van der Waals surface area contributed by atoms with Crippen LogP contribution in [0.25, 0.3) is 0 Å². The van der Waals surface area contributed by atoms with Gasteiger partial charge in [0.25, 0.3) is 0 Å². The molecule has 2 rings (SSSR count). The molecule has 2 aromatic rings. The molecule has 0 aliphatic carbocycles. The number of sulfone groups is 1. The van der Waals surface area contributed by atoms with Crippen molar-refractivity contribution >= 4 is 44.6 Å². The van der Waals surface area contributed by atoms with Gasteiger partial charge in [0.1, 0.15) is 5.60 Å². The molecule has 0 aliphatic rings. The number of benzene rings is 2. The molecule has 3 nitrogen and oxygen atoms in total. The van der Waals surface area contributed by atoms with Crippen LogP contribution >= 0.6 is 34.8 Å². The summed E-state index contributed by atoms with van der Waals surface area (Å²) < 4.78 is 24.7. The second-order valence-corrected chi connectivity index (χ2v) is 8.88. The van der Waals surface area contributed by atoms with Gasteiger partial charge in [-0.3, -0.25) is 0 Å². The molecule has 0 radical (unpaired) electrons. The van der Waals surface area contributed by atoms with E-state index in [2.05, 4.69) is 0 Å². The fraction of sp³-hybridized carbons (Fsp3) is 0.250. The molecular weight excluding hydrogens is 379 g/mol. The fourth-order valence-corrected chi connectivity index (χ4v) is 4.48. The standard InChI is InChI=1S/C16H15Cl3O3S/c1-16(20,12-4-7-14(18)15(19)8-12)10-23(21,22)9-11-2-5-13(17)6-3-11/h2-8,20H,9-10H2,1H3/t16-/m0/s1. The van der Waals surface area contributed by atoms with E-state index >= 15 is 0 Å². The van der Waals surface area contributed by atoms with Gasteiger partial charge < -0.3 is 5.11 Å². The van der Waals surface area contributed by atoms with Crippen molar-refractivity contribution in [3.63, 3.8) is 0 Å². The van der Waals surface area contributed by atoms with Crippen molar-refractivity contribution in [2.45, 2.75) is 18.3 Å². The van der Waals surface area contributed by atoms with Gasteiger partial charge >= 0.3 is 0 Å². The highest BCUT2D eigenvalue weighted by atomic mass is 35.5. The molecule has 0 saturated carbocycles. The smallest absolute Gasteiger partial charge is 0.157 e. The molecule has 23 heavy (non-hydrogen) atoms. The van der Waals surface area contributed by atoms with Crippen molar-refractivity contribution in [2.75, 3.05) is 5.75 Å². The maximum Gasteiger partial charge on any atom is 0.157 e. The Balaban J connectivity index is 2.20. The minimum absolute atomic E-state index is 0.179. The lowest BCUT2D eigenvalue weighted by molar-refractivity contribution is 0.0819. The van der Waals surface area contributed by atoms with Gasteiger partial charge in [0.05, 0.1) is 21.6 Å². The highest BCUT2D eigenvalue weighted by Crippen LogP contribution is 2.30. The molecule has 0 heterocycles. The maximum absolute atomic E-state index is 12.4. The molecule has 0 amide bonds. The zero-order chi connectivity index (χ0) is 17.3. The molecule has 1 atom stereocenters. The SMILES string of the molecule is C[C@](O)(CS(=O)(=O)Cc1ccc(Cl)cc1)c1ccc(Cl)c(Cl)c1. The summed E-state index contributed by atoms with van der Waals surface area (Å²) in [5.41, 5.74) is -0.564. The third-order valence-corrected chi connectivity index (χ3v) is 6.11. The Labute approximate surface area is 150 Å². The summed E-state index contributed by atoms with van der Waals surface area (Å²) in [5, 5.41) is 11.7. The highest BCUT2D eigenvalue weighted by molar-refractivity contribution is 7.90. The zero-order valence-corrected chi connectivity index (χ0v) is 15.3. The van der Waals surface area contributed by atoms with Gasteiger partial charge in [-0.1, -0.05) is 53.0 Å². The lowest BCUT2D eigenvalue weighted by Crippen LogP contribution is -2.32. The second kappa shape index (κ2) is 6.99. The summed E-state index contributed by atoms with van der Waals surface area (Å²) in [6.07, 6.45) is 0. The monoisotopic (exact) mass is 392 g/mol. The van der Waals surface area contributed by atoms with E-state index in [4.69, 9.17) is 34.8 Å². The van der Waals surface area contributed by atoms with Crippen LogP contribution in [0.15, 0.2) is 42.5 Å². The van der Waals surface area contributed by atoms with Gasteiger partial charge in [0.2, 0.25) is 0 Å². The van der Waals surface area contributed by atoms with Crippen LogP contribution in [0.2, 0.25) is 15.1 Å². The van der Waals surface area contributed by atoms with Crippen molar-refractivity contribution in [1.82, 2.24) is 0 Å². The van der Waals surface area contributed by atoms with Crippen molar-refractivity contribution in [3.05, 3.63) is 68.7 Å². The predicted molar refractivity (Wildman–Crippen MR) is 95.0 cm³/mol. The van der Waals surface area contributed by atoms with Crippen LogP contribution < -0.4 is 0 Å². The Kier molecular flexibility index (Phi) is 5.64. The van der Waals surface area contributed by atoms with Crippen LogP contribution in [0.5, 0.6) is 0 Å². The Morgan fingerprint density at radius 2 is 1.61 bits per heavy atom. The zero-order valence-electron chi connectivity index (χ0n) is 12.3. The van der Waals surface area contributed by atoms with Gasteiger partial charge in [-0.15, -0.1) is 0 Å². The summed E-state index contributed by atoms with van der Waals surface area (Å²) in [7, 11) is -3.55. The van der Waals surface area contributed by atoms with E-state index in [1.165, 1.54) is 19.1 Å². The van der Waals surface area contributed by atoms with Crippen LogP contribution in [0.1, 0.15) is 18.1 Å². The van der Waals surface area contributed by atoms with Gasteiger partial charge in [-0.25, -0.2) is 8.42 Å². The van der Waals surface area contributed by atoms with Crippen molar-refractivity contribution in [2.24, 2.45) is 0 Å². The van der Waals surface area contributed by atoms with E-state index in [0.29, 0.717) is 21.2 Å². The normalized spacial score (nSPS) is 14.5. The van der Waals surface area contributed by atoms with E-state index in [1.807, 2.05) is 0 Å². The first-order valence-electron chi connectivity index (χ1n) is 6.72. The third-order valence-electron chi connectivity index (χ3n) is 3.34. The van der Waals surface area contributed by atoms with Crippen LogP contribution in [0.3, 0.4) is 0 Å². The van der Waals surface area contributed by atoms with Gasteiger partial charge in [-0.05, 0) is 42.3 Å². The second-order valence-electron chi connectivity index (χ2n) is 5.56. The molecule has 0 fully saturated rings. The van der Waals surface area contributed by atoms with Gasteiger partial charge in [0, 0.05) is 5.02 Å². The van der Waals surface area contributed by atoms with Crippen LogP contribution in [-0.4, -0.2) is 19.3 Å². The fourth-order valence-electron chi connectivity index (χ4n) is 2.23. The number of hydrogen-bond acceptors (Lipinski definition) is 3. The van der Waals surface area contributed by atoms with Crippen molar-refractivity contribution in [3.8, 4) is 0 Å². The van der Waals surface area contributed by atoms with Crippen molar-refractivity contribution < 1.29 is 13.5 Å². The van der Waals surface area contributed by atoms with Crippen LogP contribution in [-0.2, 0) is 21.2 Å². The Morgan fingerprint density at radius 3 is 2.17 bits per heavy atom. The molecule has 2 aromatic carbocycles. The Hall–Kier alpha value is -0.780. The minimum Gasteiger partial charge on any atom is -0.384 e. The predicted octanol–water partition coefficient (Wildman–Crippen LogP) is 4.47. The largest absolute Gasteiger partial charge is 0.384 e. The average Bonchev–Trinajstić information content (AvgIpc) is 2.43. The highest BCUT2D eigenvalue weighted by Gasteiger charge is 2.30. The lowest BCUT2D eigenvalue weighted by atomic mass is 9.98. The summed E-state index contributed by atoms with van der Waals surface area (Å²) >= 11 is 17.6. The molecule has 0 aliphatic heterocycles. The number of rotatable bonds is 5. The van der Waals surface area contributed by atoms with E-state index in [1.54, 1.807) is 30.3 Å². The quantitative estimate of drug-likeness (QED) is 0.815. The first-order valence-corrected chi connectivity index (χ1v) is 9.67.